The minimum Gasteiger partial charge on any atom is -0.497 e. The van der Waals surface area contributed by atoms with Crippen molar-refractivity contribution in [2.24, 2.45) is 0 Å². The molecule has 2 rings (SSSR count). The highest BCUT2D eigenvalue weighted by atomic mass is 16.5. The largest absolute Gasteiger partial charge is 0.497 e. The van der Waals surface area contributed by atoms with Crippen LogP contribution in [0.25, 0.3) is 10.9 Å². The molecule has 1 heterocycles. The van der Waals surface area contributed by atoms with E-state index in [2.05, 4.69) is 4.98 Å². The highest BCUT2D eigenvalue weighted by Crippen LogP contribution is 2.21. The lowest BCUT2D eigenvalue weighted by Crippen LogP contribution is -2.15. The molecule has 0 radical (unpaired) electrons. The molecule has 5 nitrogen and oxygen atoms in total. The van der Waals surface area contributed by atoms with Crippen LogP contribution in [-0.2, 0) is 0 Å². The number of ether oxygens (including phenoxy) is 1. The first kappa shape index (κ1) is 11.2. The second kappa shape index (κ2) is 3.93. The molecule has 0 bridgehead atoms. The molecule has 0 aliphatic heterocycles. The predicted molar refractivity (Wildman–Crippen MR) is 62.8 cm³/mol. The Morgan fingerprint density at radius 3 is 2.71 bits per heavy atom. The van der Waals surface area contributed by atoms with E-state index in [0.29, 0.717) is 16.7 Å². The lowest BCUT2D eigenvalue weighted by atomic mass is 10.1. The van der Waals surface area contributed by atoms with Crippen LogP contribution in [0.5, 0.6) is 5.75 Å². The quantitative estimate of drug-likeness (QED) is 0.824. The second-order valence-corrected chi connectivity index (χ2v) is 3.70. The number of hydrogen-bond acceptors (Lipinski definition) is 3. The summed E-state index contributed by atoms with van der Waals surface area (Å²) in [5.41, 5.74) is 0.674. The molecule has 2 aromatic rings. The van der Waals surface area contributed by atoms with Gasteiger partial charge in [-0.1, -0.05) is 0 Å². The minimum atomic E-state index is -1.24. The van der Waals surface area contributed by atoms with Crippen molar-refractivity contribution in [1.82, 2.24) is 4.98 Å². The molecule has 88 valence electrons. The van der Waals surface area contributed by atoms with E-state index in [0.717, 1.165) is 5.56 Å². The highest BCUT2D eigenvalue weighted by molar-refractivity contribution is 5.93. The Kier molecular flexibility index (Phi) is 2.59. The molecular weight excluding hydrogens is 222 g/mol. The molecule has 0 fully saturated rings. The van der Waals surface area contributed by atoms with Gasteiger partial charge >= 0.3 is 5.97 Å². The summed E-state index contributed by atoms with van der Waals surface area (Å²) in [7, 11) is 1.50. The average molecular weight is 233 g/mol. The van der Waals surface area contributed by atoms with Gasteiger partial charge in [0.1, 0.15) is 11.3 Å². The van der Waals surface area contributed by atoms with Crippen molar-refractivity contribution in [1.29, 1.82) is 0 Å². The number of carboxylic acid groups (broad SMARTS) is 1. The van der Waals surface area contributed by atoms with Gasteiger partial charge in [0.05, 0.1) is 18.0 Å². The standard InChI is InChI=1S/C12H11NO4/c1-6-3-7(17-2)4-8-10(6)13-5-9(11(8)14)12(15)16/h3-5H,1-2H3,(H,13,14)(H,15,16). The number of carbonyl (C=O) groups is 1. The number of carboxylic acids is 1. The fourth-order valence-electron chi connectivity index (χ4n) is 1.76. The molecule has 0 amide bonds. The number of benzene rings is 1. The first-order valence-corrected chi connectivity index (χ1v) is 4.98. The molecule has 5 heteroatoms. The number of aromatic carboxylic acids is 1. The summed E-state index contributed by atoms with van der Waals surface area (Å²) in [6.45, 7) is 1.82. The maximum Gasteiger partial charge on any atom is 0.341 e. The highest BCUT2D eigenvalue weighted by Gasteiger charge is 2.13. The Labute approximate surface area is 96.7 Å². The average Bonchev–Trinajstić information content (AvgIpc) is 2.29. The smallest absolute Gasteiger partial charge is 0.341 e. The molecule has 0 saturated heterocycles. The van der Waals surface area contributed by atoms with Gasteiger partial charge in [0.15, 0.2) is 0 Å². The van der Waals surface area contributed by atoms with Gasteiger partial charge in [-0.2, -0.15) is 0 Å². The fraction of sp³-hybridized carbons (Fsp3) is 0.167. The lowest BCUT2D eigenvalue weighted by molar-refractivity contribution is 0.0695. The molecule has 1 aromatic carbocycles. The van der Waals surface area contributed by atoms with Gasteiger partial charge in [-0.25, -0.2) is 4.79 Å². The Balaban J connectivity index is 2.89. The second-order valence-electron chi connectivity index (χ2n) is 3.70. The number of hydrogen-bond donors (Lipinski definition) is 2. The van der Waals surface area contributed by atoms with E-state index >= 15 is 0 Å². The molecule has 2 N–H and O–H groups in total. The number of nitrogens with one attached hydrogen (secondary N) is 1. The van der Waals surface area contributed by atoms with Crippen LogP contribution in [0.1, 0.15) is 15.9 Å². The van der Waals surface area contributed by atoms with E-state index in [1.165, 1.54) is 19.4 Å². The van der Waals surface area contributed by atoms with Gasteiger partial charge < -0.3 is 14.8 Å². The van der Waals surface area contributed by atoms with Gasteiger partial charge in [-0.05, 0) is 24.6 Å². The van der Waals surface area contributed by atoms with Crippen molar-refractivity contribution in [3.63, 3.8) is 0 Å². The van der Waals surface area contributed by atoms with Crippen molar-refractivity contribution in [3.8, 4) is 5.75 Å². The summed E-state index contributed by atoms with van der Waals surface area (Å²) in [6.07, 6.45) is 1.21. The number of rotatable bonds is 2. The number of aromatic amines is 1. The summed E-state index contributed by atoms with van der Waals surface area (Å²) < 4.78 is 5.06. The van der Waals surface area contributed by atoms with Crippen LogP contribution in [0.3, 0.4) is 0 Å². The molecule has 0 atom stereocenters. The molecule has 0 saturated carbocycles. The first-order valence-electron chi connectivity index (χ1n) is 4.98. The van der Waals surface area contributed by atoms with Gasteiger partial charge in [-0.15, -0.1) is 0 Å². The minimum absolute atomic E-state index is 0.273. The number of H-pyrrole nitrogens is 1. The number of methoxy groups -OCH3 is 1. The molecular formula is C12H11NO4. The van der Waals surface area contributed by atoms with Crippen molar-refractivity contribution in [2.75, 3.05) is 7.11 Å². The maximum absolute atomic E-state index is 11.9. The van der Waals surface area contributed by atoms with Crippen LogP contribution in [0, 0.1) is 6.92 Å². The summed E-state index contributed by atoms with van der Waals surface area (Å²) in [6, 6.07) is 3.31. The van der Waals surface area contributed by atoms with Crippen LogP contribution in [0.15, 0.2) is 23.1 Å². The molecule has 0 spiro atoms. The van der Waals surface area contributed by atoms with Crippen molar-refractivity contribution in [3.05, 3.63) is 39.7 Å². The van der Waals surface area contributed by atoms with Gasteiger partial charge in [-0.3, -0.25) is 4.79 Å². The zero-order chi connectivity index (χ0) is 12.6. The van der Waals surface area contributed by atoms with E-state index in [1.54, 1.807) is 6.07 Å². The van der Waals surface area contributed by atoms with E-state index in [-0.39, 0.29) is 5.56 Å². The van der Waals surface area contributed by atoms with Crippen LogP contribution < -0.4 is 10.2 Å². The third kappa shape index (κ3) is 1.75. The Hall–Kier alpha value is -2.30. The van der Waals surface area contributed by atoms with Crippen LogP contribution in [0.2, 0.25) is 0 Å². The van der Waals surface area contributed by atoms with Crippen LogP contribution in [-0.4, -0.2) is 23.2 Å². The number of aryl methyl sites for hydroxylation is 1. The Bertz CT molecular complexity index is 657. The molecule has 0 aliphatic carbocycles. The van der Waals surface area contributed by atoms with Crippen LogP contribution >= 0.6 is 0 Å². The Morgan fingerprint density at radius 1 is 1.41 bits per heavy atom. The molecule has 1 aromatic heterocycles. The van der Waals surface area contributed by atoms with Gasteiger partial charge in [0.25, 0.3) is 0 Å². The lowest BCUT2D eigenvalue weighted by Gasteiger charge is -2.06. The summed E-state index contributed by atoms with van der Waals surface area (Å²) in [4.78, 5) is 25.6. The monoisotopic (exact) mass is 233 g/mol. The fourth-order valence-corrected chi connectivity index (χ4v) is 1.76. The zero-order valence-electron chi connectivity index (χ0n) is 9.40. The Morgan fingerprint density at radius 2 is 2.12 bits per heavy atom. The predicted octanol–water partition coefficient (Wildman–Crippen LogP) is 1.54. The number of aromatic nitrogens is 1. The van der Waals surface area contributed by atoms with Crippen molar-refractivity contribution >= 4 is 16.9 Å². The van der Waals surface area contributed by atoms with Crippen LogP contribution in [0.4, 0.5) is 0 Å². The van der Waals surface area contributed by atoms with Crippen molar-refractivity contribution in [2.45, 2.75) is 6.92 Å². The van der Waals surface area contributed by atoms with Crippen molar-refractivity contribution < 1.29 is 14.6 Å². The van der Waals surface area contributed by atoms with Gasteiger partial charge in [0.2, 0.25) is 5.43 Å². The van der Waals surface area contributed by atoms with E-state index in [4.69, 9.17) is 9.84 Å². The third-order valence-electron chi connectivity index (χ3n) is 2.63. The molecule has 17 heavy (non-hydrogen) atoms. The topological polar surface area (TPSA) is 79.4 Å². The summed E-state index contributed by atoms with van der Waals surface area (Å²) in [5.74, 6) is -0.711. The SMILES string of the molecule is COc1cc(C)c2[nH]cc(C(=O)O)c(=O)c2c1. The normalized spacial score (nSPS) is 10.5. The molecule has 0 aliphatic rings. The summed E-state index contributed by atoms with van der Waals surface area (Å²) in [5, 5.41) is 9.19. The first-order chi connectivity index (χ1) is 8.04. The summed E-state index contributed by atoms with van der Waals surface area (Å²) >= 11 is 0. The van der Waals surface area contributed by atoms with Gasteiger partial charge in [0, 0.05) is 6.20 Å². The maximum atomic E-state index is 11.9. The molecule has 0 unspecified atom stereocenters. The number of pyridine rings is 1. The van der Waals surface area contributed by atoms with E-state index in [9.17, 15) is 9.59 Å². The zero-order valence-corrected chi connectivity index (χ0v) is 9.40. The number of fused-ring (bicyclic) bond motifs is 1. The third-order valence-corrected chi connectivity index (χ3v) is 2.63. The van der Waals surface area contributed by atoms with E-state index < -0.39 is 11.4 Å². The van der Waals surface area contributed by atoms with E-state index in [1.807, 2.05) is 6.92 Å².